The highest BCUT2D eigenvalue weighted by Gasteiger charge is 2.04. The molecular weight excluding hydrogens is 212 g/mol. The Morgan fingerprint density at radius 3 is 2.87 bits per heavy atom. The van der Waals surface area contributed by atoms with Crippen LogP contribution < -0.4 is 10.6 Å². The van der Waals surface area contributed by atoms with Gasteiger partial charge in [0.05, 0.1) is 6.54 Å². The summed E-state index contributed by atoms with van der Waals surface area (Å²) in [6.07, 6.45) is 0. The maximum absolute atomic E-state index is 11.4. The number of halogens is 1. The number of amides is 1. The largest absolute Gasteiger partial charge is 0.325 e. The van der Waals surface area contributed by atoms with Gasteiger partial charge in [0.2, 0.25) is 5.91 Å². The average molecular weight is 227 g/mol. The Hall–Kier alpha value is -1.06. The van der Waals surface area contributed by atoms with Gasteiger partial charge in [-0.1, -0.05) is 24.6 Å². The highest BCUT2D eigenvalue weighted by Crippen LogP contribution is 2.19. The second kappa shape index (κ2) is 5.73. The maximum atomic E-state index is 11.4. The normalized spacial score (nSPS) is 10.1. The molecule has 0 atom stereocenters. The third-order valence-electron chi connectivity index (χ3n) is 2.01. The fourth-order valence-electron chi connectivity index (χ4n) is 1.16. The first-order valence-corrected chi connectivity index (χ1v) is 5.28. The molecule has 0 aromatic heterocycles. The zero-order chi connectivity index (χ0) is 11.3. The molecule has 1 amide bonds. The van der Waals surface area contributed by atoms with Gasteiger partial charge in [0.15, 0.2) is 0 Å². The first kappa shape index (κ1) is 12.0. The Morgan fingerprint density at radius 1 is 1.47 bits per heavy atom. The molecular formula is C11H15ClN2O. The Balaban J connectivity index is 2.63. The minimum absolute atomic E-state index is 0.0535. The molecule has 0 aliphatic rings. The molecule has 1 rings (SSSR count). The SMILES string of the molecule is CCNCC(=O)Nc1cc(Cl)ccc1C. The Labute approximate surface area is 94.8 Å². The minimum atomic E-state index is -0.0535. The standard InChI is InChI=1S/C11H15ClN2O/c1-3-13-7-11(15)14-10-6-9(12)5-4-8(10)2/h4-6,13H,3,7H2,1-2H3,(H,14,15). The minimum Gasteiger partial charge on any atom is -0.325 e. The van der Waals surface area contributed by atoms with Gasteiger partial charge in [-0.15, -0.1) is 0 Å². The van der Waals surface area contributed by atoms with E-state index in [1.807, 2.05) is 19.9 Å². The summed E-state index contributed by atoms with van der Waals surface area (Å²) in [5.41, 5.74) is 1.77. The summed E-state index contributed by atoms with van der Waals surface area (Å²) in [4.78, 5) is 11.4. The lowest BCUT2D eigenvalue weighted by Gasteiger charge is -2.08. The number of hydrogen-bond acceptors (Lipinski definition) is 2. The molecule has 0 saturated heterocycles. The first-order valence-electron chi connectivity index (χ1n) is 4.90. The van der Waals surface area contributed by atoms with E-state index in [1.165, 1.54) is 0 Å². The lowest BCUT2D eigenvalue weighted by molar-refractivity contribution is -0.115. The van der Waals surface area contributed by atoms with Gasteiger partial charge in [-0.25, -0.2) is 0 Å². The van der Waals surface area contributed by atoms with Crippen molar-refractivity contribution in [2.75, 3.05) is 18.4 Å². The summed E-state index contributed by atoms with van der Waals surface area (Å²) >= 11 is 5.84. The summed E-state index contributed by atoms with van der Waals surface area (Å²) in [6, 6.07) is 5.43. The Bertz CT molecular complexity index is 352. The van der Waals surface area contributed by atoms with E-state index in [4.69, 9.17) is 11.6 Å². The molecule has 0 aliphatic carbocycles. The van der Waals surface area contributed by atoms with E-state index in [9.17, 15) is 4.79 Å². The van der Waals surface area contributed by atoms with Crippen LogP contribution in [-0.2, 0) is 4.79 Å². The van der Waals surface area contributed by atoms with Gasteiger partial charge in [-0.2, -0.15) is 0 Å². The van der Waals surface area contributed by atoms with Crippen molar-refractivity contribution in [1.29, 1.82) is 0 Å². The zero-order valence-electron chi connectivity index (χ0n) is 8.93. The van der Waals surface area contributed by atoms with Crippen LogP contribution in [0, 0.1) is 6.92 Å². The van der Waals surface area contributed by atoms with Crippen LogP contribution in [0.3, 0.4) is 0 Å². The number of rotatable bonds is 4. The van der Waals surface area contributed by atoms with E-state index < -0.39 is 0 Å². The molecule has 0 heterocycles. The number of aryl methyl sites for hydroxylation is 1. The van der Waals surface area contributed by atoms with E-state index in [2.05, 4.69) is 10.6 Å². The van der Waals surface area contributed by atoms with Gasteiger partial charge in [0.25, 0.3) is 0 Å². The quantitative estimate of drug-likeness (QED) is 0.827. The lowest BCUT2D eigenvalue weighted by Crippen LogP contribution is -2.27. The van der Waals surface area contributed by atoms with Crippen LogP contribution in [0.2, 0.25) is 5.02 Å². The molecule has 0 fully saturated rings. The number of likely N-dealkylation sites (N-methyl/N-ethyl adjacent to an activating group) is 1. The predicted molar refractivity (Wildman–Crippen MR) is 63.4 cm³/mol. The van der Waals surface area contributed by atoms with Crippen molar-refractivity contribution < 1.29 is 4.79 Å². The molecule has 0 unspecified atom stereocenters. The van der Waals surface area contributed by atoms with Crippen molar-refractivity contribution in [2.24, 2.45) is 0 Å². The number of anilines is 1. The van der Waals surface area contributed by atoms with Crippen molar-refractivity contribution in [1.82, 2.24) is 5.32 Å². The number of carbonyl (C=O) groups is 1. The van der Waals surface area contributed by atoms with E-state index in [0.29, 0.717) is 11.6 Å². The number of hydrogen-bond donors (Lipinski definition) is 2. The molecule has 0 aliphatic heterocycles. The zero-order valence-corrected chi connectivity index (χ0v) is 9.69. The van der Waals surface area contributed by atoms with Crippen molar-refractivity contribution in [3.05, 3.63) is 28.8 Å². The summed E-state index contributed by atoms with van der Waals surface area (Å²) in [7, 11) is 0. The summed E-state index contributed by atoms with van der Waals surface area (Å²) in [5.74, 6) is -0.0535. The second-order valence-corrected chi connectivity index (χ2v) is 3.72. The molecule has 0 radical (unpaired) electrons. The highest BCUT2D eigenvalue weighted by atomic mass is 35.5. The number of benzene rings is 1. The van der Waals surface area contributed by atoms with Crippen LogP contribution in [0.1, 0.15) is 12.5 Å². The molecule has 1 aromatic rings. The topological polar surface area (TPSA) is 41.1 Å². The molecule has 15 heavy (non-hydrogen) atoms. The second-order valence-electron chi connectivity index (χ2n) is 3.29. The summed E-state index contributed by atoms with van der Waals surface area (Å²) in [6.45, 7) is 4.99. The fourth-order valence-corrected chi connectivity index (χ4v) is 1.33. The van der Waals surface area contributed by atoms with E-state index in [1.54, 1.807) is 12.1 Å². The van der Waals surface area contributed by atoms with Crippen LogP contribution in [0.4, 0.5) is 5.69 Å². The monoisotopic (exact) mass is 226 g/mol. The Morgan fingerprint density at radius 2 is 2.20 bits per heavy atom. The van der Waals surface area contributed by atoms with Gasteiger partial charge in [-0.3, -0.25) is 4.79 Å². The van der Waals surface area contributed by atoms with Crippen LogP contribution >= 0.6 is 11.6 Å². The van der Waals surface area contributed by atoms with Crippen LogP contribution in [0.25, 0.3) is 0 Å². The van der Waals surface area contributed by atoms with Gasteiger partial charge in [0.1, 0.15) is 0 Å². The van der Waals surface area contributed by atoms with Crippen molar-refractivity contribution in [3.63, 3.8) is 0 Å². The molecule has 0 spiro atoms. The maximum Gasteiger partial charge on any atom is 0.238 e. The average Bonchev–Trinajstić information content (AvgIpc) is 2.20. The molecule has 4 heteroatoms. The van der Waals surface area contributed by atoms with Crippen LogP contribution in [0.15, 0.2) is 18.2 Å². The van der Waals surface area contributed by atoms with Crippen molar-refractivity contribution >= 4 is 23.2 Å². The number of carbonyl (C=O) groups excluding carboxylic acids is 1. The van der Waals surface area contributed by atoms with E-state index in [0.717, 1.165) is 17.8 Å². The van der Waals surface area contributed by atoms with Crippen LogP contribution in [0.5, 0.6) is 0 Å². The molecule has 2 N–H and O–H groups in total. The van der Waals surface area contributed by atoms with Crippen LogP contribution in [-0.4, -0.2) is 19.0 Å². The Kier molecular flexibility index (Phi) is 4.59. The predicted octanol–water partition coefficient (Wildman–Crippen LogP) is 2.20. The van der Waals surface area contributed by atoms with Gasteiger partial charge < -0.3 is 10.6 Å². The molecule has 82 valence electrons. The highest BCUT2D eigenvalue weighted by molar-refractivity contribution is 6.31. The third kappa shape index (κ3) is 3.90. The van der Waals surface area contributed by atoms with Gasteiger partial charge >= 0.3 is 0 Å². The van der Waals surface area contributed by atoms with Crippen molar-refractivity contribution in [2.45, 2.75) is 13.8 Å². The fraction of sp³-hybridized carbons (Fsp3) is 0.364. The molecule has 3 nitrogen and oxygen atoms in total. The van der Waals surface area contributed by atoms with Gasteiger partial charge in [-0.05, 0) is 31.2 Å². The van der Waals surface area contributed by atoms with Crippen molar-refractivity contribution in [3.8, 4) is 0 Å². The summed E-state index contributed by atoms with van der Waals surface area (Å²) in [5, 5.41) is 6.38. The summed E-state index contributed by atoms with van der Waals surface area (Å²) < 4.78 is 0. The molecule has 0 saturated carbocycles. The molecule has 0 bridgehead atoms. The van der Waals surface area contributed by atoms with Gasteiger partial charge in [0, 0.05) is 10.7 Å². The van der Waals surface area contributed by atoms with E-state index in [-0.39, 0.29) is 5.91 Å². The number of nitrogens with one attached hydrogen (secondary N) is 2. The van der Waals surface area contributed by atoms with E-state index >= 15 is 0 Å². The molecule has 1 aromatic carbocycles. The third-order valence-corrected chi connectivity index (χ3v) is 2.24. The first-order chi connectivity index (χ1) is 7.13. The lowest BCUT2D eigenvalue weighted by atomic mass is 10.2. The smallest absolute Gasteiger partial charge is 0.238 e.